The zero-order chi connectivity index (χ0) is 17.9. The lowest BCUT2D eigenvalue weighted by molar-refractivity contribution is 0.0969. The number of benzene rings is 1. The standard InChI is InChI=1S/C17H22ClN3O3S/c18-14-2-1-13(12-19)17(11-14)20-15-3-7-21(8-4-15)25(22,23)16-5-9-24-10-6-16/h1-2,11,15-16,20H,3-10H2. The van der Waals surface area contributed by atoms with Gasteiger partial charge in [-0.1, -0.05) is 11.6 Å². The molecular formula is C17H22ClN3O3S. The van der Waals surface area contributed by atoms with Gasteiger partial charge in [0.2, 0.25) is 10.0 Å². The molecule has 1 aromatic rings. The molecule has 2 heterocycles. The third-order valence-electron chi connectivity index (χ3n) is 4.87. The van der Waals surface area contributed by atoms with Crippen molar-refractivity contribution in [3.05, 3.63) is 28.8 Å². The second-order valence-electron chi connectivity index (χ2n) is 6.48. The van der Waals surface area contributed by atoms with Crippen LogP contribution in [0.1, 0.15) is 31.2 Å². The summed E-state index contributed by atoms with van der Waals surface area (Å²) in [6, 6.07) is 7.40. The summed E-state index contributed by atoms with van der Waals surface area (Å²) < 4.78 is 32.4. The van der Waals surface area contributed by atoms with Gasteiger partial charge < -0.3 is 10.1 Å². The van der Waals surface area contributed by atoms with Crippen LogP contribution in [0.2, 0.25) is 5.02 Å². The summed E-state index contributed by atoms with van der Waals surface area (Å²) in [5.41, 5.74) is 1.25. The summed E-state index contributed by atoms with van der Waals surface area (Å²) in [5, 5.41) is 12.8. The number of halogens is 1. The summed E-state index contributed by atoms with van der Waals surface area (Å²) in [6.45, 7) is 2.04. The fourth-order valence-corrected chi connectivity index (χ4v) is 5.49. The molecule has 0 spiro atoms. The fraction of sp³-hybridized carbons (Fsp3) is 0.588. The van der Waals surface area contributed by atoms with Gasteiger partial charge in [0.25, 0.3) is 0 Å². The molecule has 0 aromatic heterocycles. The van der Waals surface area contributed by atoms with E-state index in [0.29, 0.717) is 68.3 Å². The topological polar surface area (TPSA) is 82.4 Å². The first-order chi connectivity index (χ1) is 12.0. The largest absolute Gasteiger partial charge is 0.381 e. The van der Waals surface area contributed by atoms with E-state index in [-0.39, 0.29) is 11.3 Å². The Morgan fingerprint density at radius 1 is 1.20 bits per heavy atom. The molecule has 8 heteroatoms. The van der Waals surface area contributed by atoms with E-state index in [4.69, 9.17) is 16.3 Å². The molecule has 0 saturated carbocycles. The number of sulfonamides is 1. The van der Waals surface area contributed by atoms with E-state index in [0.717, 1.165) is 0 Å². The molecule has 2 fully saturated rings. The van der Waals surface area contributed by atoms with Crippen molar-refractivity contribution in [3.8, 4) is 6.07 Å². The Morgan fingerprint density at radius 2 is 1.88 bits per heavy atom. The maximum absolute atomic E-state index is 12.7. The van der Waals surface area contributed by atoms with Gasteiger partial charge in [0.1, 0.15) is 6.07 Å². The Kier molecular flexibility index (Phi) is 5.85. The van der Waals surface area contributed by atoms with Gasteiger partial charge in [-0.3, -0.25) is 0 Å². The molecular weight excluding hydrogens is 362 g/mol. The SMILES string of the molecule is N#Cc1ccc(Cl)cc1NC1CCN(S(=O)(=O)C2CCOCC2)CC1. The van der Waals surface area contributed by atoms with Crippen LogP contribution in [0.15, 0.2) is 18.2 Å². The molecule has 2 saturated heterocycles. The maximum Gasteiger partial charge on any atom is 0.217 e. The molecule has 0 bridgehead atoms. The monoisotopic (exact) mass is 383 g/mol. The van der Waals surface area contributed by atoms with Crippen LogP contribution in [-0.4, -0.2) is 50.3 Å². The van der Waals surface area contributed by atoms with E-state index in [1.54, 1.807) is 22.5 Å². The van der Waals surface area contributed by atoms with Gasteiger partial charge in [-0.15, -0.1) is 0 Å². The first-order valence-electron chi connectivity index (χ1n) is 8.53. The van der Waals surface area contributed by atoms with Gasteiger partial charge in [0.15, 0.2) is 0 Å². The molecule has 0 aliphatic carbocycles. The number of hydrogen-bond donors (Lipinski definition) is 1. The smallest absolute Gasteiger partial charge is 0.217 e. The van der Waals surface area contributed by atoms with E-state index >= 15 is 0 Å². The van der Waals surface area contributed by atoms with E-state index in [9.17, 15) is 13.7 Å². The molecule has 6 nitrogen and oxygen atoms in total. The summed E-state index contributed by atoms with van der Waals surface area (Å²) in [6.07, 6.45) is 2.57. The summed E-state index contributed by atoms with van der Waals surface area (Å²) in [4.78, 5) is 0. The third-order valence-corrected chi connectivity index (χ3v) is 7.50. The number of anilines is 1. The first-order valence-corrected chi connectivity index (χ1v) is 10.4. The predicted octanol–water partition coefficient (Wildman–Crippen LogP) is 2.60. The average molecular weight is 384 g/mol. The first kappa shape index (κ1) is 18.5. The fourth-order valence-electron chi connectivity index (χ4n) is 3.39. The van der Waals surface area contributed by atoms with Gasteiger partial charge >= 0.3 is 0 Å². The Bertz CT molecular complexity index is 749. The van der Waals surface area contributed by atoms with Crippen molar-refractivity contribution in [2.24, 2.45) is 0 Å². The van der Waals surface area contributed by atoms with Crippen LogP contribution in [0.4, 0.5) is 5.69 Å². The van der Waals surface area contributed by atoms with Gasteiger partial charge in [-0.2, -0.15) is 5.26 Å². The Balaban J connectivity index is 1.61. The second kappa shape index (κ2) is 7.92. The maximum atomic E-state index is 12.7. The quantitative estimate of drug-likeness (QED) is 0.864. The molecule has 0 unspecified atom stereocenters. The van der Waals surface area contributed by atoms with Crippen molar-refractivity contribution in [1.29, 1.82) is 5.26 Å². The Hall–Kier alpha value is -1.33. The highest BCUT2D eigenvalue weighted by atomic mass is 35.5. The van der Waals surface area contributed by atoms with Gasteiger partial charge in [0, 0.05) is 37.4 Å². The van der Waals surface area contributed by atoms with Crippen LogP contribution in [-0.2, 0) is 14.8 Å². The highest BCUT2D eigenvalue weighted by Crippen LogP contribution is 2.26. The molecule has 25 heavy (non-hydrogen) atoms. The number of ether oxygens (including phenoxy) is 1. The number of piperidine rings is 1. The van der Waals surface area contributed by atoms with Crippen LogP contribution in [0.5, 0.6) is 0 Å². The number of nitrogens with zero attached hydrogens (tertiary/aromatic N) is 2. The molecule has 0 atom stereocenters. The lowest BCUT2D eigenvalue weighted by Crippen LogP contribution is -2.47. The van der Waals surface area contributed by atoms with Crippen molar-refractivity contribution in [1.82, 2.24) is 4.31 Å². The van der Waals surface area contributed by atoms with Crippen molar-refractivity contribution in [2.45, 2.75) is 37.0 Å². The molecule has 3 rings (SSSR count). The third kappa shape index (κ3) is 4.26. The lowest BCUT2D eigenvalue weighted by Gasteiger charge is -2.35. The normalized spacial score (nSPS) is 21.0. The van der Waals surface area contributed by atoms with Gasteiger partial charge in [-0.05, 0) is 43.9 Å². The average Bonchev–Trinajstić information content (AvgIpc) is 2.63. The molecule has 0 radical (unpaired) electrons. The number of nitriles is 1. The summed E-state index contributed by atoms with van der Waals surface area (Å²) in [7, 11) is -3.25. The molecule has 2 aliphatic rings. The van der Waals surface area contributed by atoms with Gasteiger partial charge in [0.05, 0.1) is 16.5 Å². The molecule has 1 N–H and O–H groups in total. The lowest BCUT2D eigenvalue weighted by atomic mass is 10.1. The second-order valence-corrected chi connectivity index (χ2v) is 9.13. The van der Waals surface area contributed by atoms with Crippen LogP contribution in [0.3, 0.4) is 0 Å². The minimum Gasteiger partial charge on any atom is -0.381 e. The van der Waals surface area contributed by atoms with E-state index in [1.165, 1.54) is 0 Å². The summed E-state index contributed by atoms with van der Waals surface area (Å²) >= 11 is 6.01. The summed E-state index contributed by atoms with van der Waals surface area (Å²) in [5.74, 6) is 0. The zero-order valence-electron chi connectivity index (χ0n) is 13.9. The highest BCUT2D eigenvalue weighted by molar-refractivity contribution is 7.89. The van der Waals surface area contributed by atoms with E-state index in [1.807, 2.05) is 0 Å². The number of hydrogen-bond acceptors (Lipinski definition) is 5. The molecule has 0 amide bonds. The van der Waals surface area contributed by atoms with Crippen LogP contribution >= 0.6 is 11.6 Å². The zero-order valence-corrected chi connectivity index (χ0v) is 15.5. The predicted molar refractivity (Wildman–Crippen MR) is 97.1 cm³/mol. The van der Waals surface area contributed by atoms with E-state index in [2.05, 4.69) is 11.4 Å². The Morgan fingerprint density at radius 3 is 2.52 bits per heavy atom. The van der Waals surface area contributed by atoms with Crippen molar-refractivity contribution >= 4 is 27.3 Å². The Labute approximate surface area is 153 Å². The van der Waals surface area contributed by atoms with Crippen molar-refractivity contribution in [2.75, 3.05) is 31.6 Å². The van der Waals surface area contributed by atoms with Crippen LogP contribution in [0, 0.1) is 11.3 Å². The highest BCUT2D eigenvalue weighted by Gasteiger charge is 2.35. The van der Waals surface area contributed by atoms with Crippen molar-refractivity contribution in [3.63, 3.8) is 0 Å². The number of nitrogens with one attached hydrogen (secondary N) is 1. The minimum atomic E-state index is -3.25. The van der Waals surface area contributed by atoms with E-state index < -0.39 is 10.0 Å². The number of rotatable bonds is 4. The molecule has 2 aliphatic heterocycles. The van der Waals surface area contributed by atoms with Crippen molar-refractivity contribution < 1.29 is 13.2 Å². The van der Waals surface area contributed by atoms with Crippen LogP contribution < -0.4 is 5.32 Å². The minimum absolute atomic E-state index is 0.131. The van der Waals surface area contributed by atoms with Crippen LogP contribution in [0.25, 0.3) is 0 Å². The molecule has 136 valence electrons. The molecule has 1 aromatic carbocycles. The van der Waals surface area contributed by atoms with Gasteiger partial charge in [-0.25, -0.2) is 12.7 Å².